The van der Waals surface area contributed by atoms with Crippen molar-refractivity contribution in [3.8, 4) is 0 Å². The highest BCUT2D eigenvalue weighted by Gasteiger charge is 2.34. The van der Waals surface area contributed by atoms with E-state index in [1.165, 1.54) is 12.6 Å². The molecule has 3 fully saturated rings. The molecule has 28 heavy (non-hydrogen) atoms. The second-order valence-electron chi connectivity index (χ2n) is 7.95. The summed E-state index contributed by atoms with van der Waals surface area (Å²) in [6.07, 6.45) is 7.57. The Morgan fingerprint density at radius 2 is 1.71 bits per heavy atom. The van der Waals surface area contributed by atoms with Gasteiger partial charge in [-0.2, -0.15) is 0 Å². The minimum absolute atomic E-state index is 0.0618. The van der Waals surface area contributed by atoms with Gasteiger partial charge in [-0.15, -0.1) is 0 Å². The van der Waals surface area contributed by atoms with E-state index in [9.17, 15) is 9.59 Å². The standard InChI is InChI=1S/C20H29N3O5/c24-19(17-12-21-14-28-17)22-6-1-2-15(3-7-22)16-4-8-23(9-5-16)20(25)18-13-26-10-11-27-18/h12,14-16,18H,1-11,13H2. The fourth-order valence-corrected chi connectivity index (χ4v) is 4.70. The third kappa shape index (κ3) is 4.38. The molecule has 1 aromatic heterocycles. The summed E-state index contributed by atoms with van der Waals surface area (Å²) in [7, 11) is 0. The molecule has 2 atom stereocenters. The number of nitrogens with zero attached hydrogens (tertiary/aromatic N) is 3. The summed E-state index contributed by atoms with van der Waals surface area (Å²) in [4.78, 5) is 32.7. The van der Waals surface area contributed by atoms with Crippen molar-refractivity contribution in [3.63, 3.8) is 0 Å². The van der Waals surface area contributed by atoms with Crippen molar-refractivity contribution < 1.29 is 23.5 Å². The van der Waals surface area contributed by atoms with E-state index in [1.54, 1.807) is 0 Å². The first-order chi connectivity index (χ1) is 13.7. The van der Waals surface area contributed by atoms with E-state index in [0.717, 1.165) is 58.3 Å². The highest BCUT2D eigenvalue weighted by molar-refractivity contribution is 5.91. The SMILES string of the molecule is O=C(c1cnco1)N1CCCC(C2CCN(C(=O)C3COCCO3)CC2)CC1. The Balaban J connectivity index is 1.25. The largest absolute Gasteiger partial charge is 0.438 e. The van der Waals surface area contributed by atoms with Crippen LogP contribution in [0.1, 0.15) is 42.7 Å². The molecule has 0 aliphatic carbocycles. The second kappa shape index (κ2) is 9.05. The minimum atomic E-state index is -0.432. The van der Waals surface area contributed by atoms with Crippen LogP contribution < -0.4 is 0 Å². The molecule has 4 rings (SSSR count). The van der Waals surface area contributed by atoms with Crippen LogP contribution >= 0.6 is 0 Å². The lowest BCUT2D eigenvalue weighted by molar-refractivity contribution is -0.159. The van der Waals surface area contributed by atoms with E-state index in [2.05, 4.69) is 4.98 Å². The zero-order valence-electron chi connectivity index (χ0n) is 16.3. The summed E-state index contributed by atoms with van der Waals surface area (Å²) in [6.45, 7) is 4.56. The molecule has 0 radical (unpaired) electrons. The molecule has 0 bridgehead atoms. The predicted molar refractivity (Wildman–Crippen MR) is 99.6 cm³/mol. The third-order valence-electron chi connectivity index (χ3n) is 6.31. The Bertz CT molecular complexity index is 651. The summed E-state index contributed by atoms with van der Waals surface area (Å²) in [5.41, 5.74) is 0. The van der Waals surface area contributed by atoms with Crippen LogP contribution in [0.25, 0.3) is 0 Å². The predicted octanol–water partition coefficient (Wildman–Crippen LogP) is 1.57. The van der Waals surface area contributed by atoms with Gasteiger partial charge in [-0.25, -0.2) is 4.98 Å². The Morgan fingerprint density at radius 1 is 0.964 bits per heavy atom. The van der Waals surface area contributed by atoms with Gasteiger partial charge in [-0.3, -0.25) is 9.59 Å². The Kier molecular flexibility index (Phi) is 6.26. The molecule has 8 heteroatoms. The number of carbonyl (C=O) groups is 2. The molecule has 0 saturated carbocycles. The molecule has 154 valence electrons. The summed E-state index contributed by atoms with van der Waals surface area (Å²) in [5.74, 6) is 1.56. The third-order valence-corrected chi connectivity index (χ3v) is 6.31. The molecule has 0 spiro atoms. The van der Waals surface area contributed by atoms with Crippen LogP contribution in [0.4, 0.5) is 0 Å². The summed E-state index contributed by atoms with van der Waals surface area (Å²) in [6, 6.07) is 0. The molecule has 2 unspecified atom stereocenters. The summed E-state index contributed by atoms with van der Waals surface area (Å²) >= 11 is 0. The normalized spacial score (nSPS) is 27.4. The van der Waals surface area contributed by atoms with Gasteiger partial charge < -0.3 is 23.7 Å². The first-order valence-corrected chi connectivity index (χ1v) is 10.4. The Morgan fingerprint density at radius 3 is 2.39 bits per heavy atom. The van der Waals surface area contributed by atoms with Crippen LogP contribution in [-0.2, 0) is 14.3 Å². The van der Waals surface area contributed by atoms with Gasteiger partial charge in [0, 0.05) is 26.2 Å². The topological polar surface area (TPSA) is 85.1 Å². The molecule has 2 amide bonds. The number of aromatic nitrogens is 1. The molecule has 4 heterocycles. The molecular formula is C20H29N3O5. The van der Waals surface area contributed by atoms with E-state index in [4.69, 9.17) is 13.9 Å². The van der Waals surface area contributed by atoms with Crippen molar-refractivity contribution in [2.45, 2.75) is 38.2 Å². The van der Waals surface area contributed by atoms with Crippen molar-refractivity contribution in [2.75, 3.05) is 46.0 Å². The van der Waals surface area contributed by atoms with Crippen LogP contribution in [0.2, 0.25) is 0 Å². The number of carbonyl (C=O) groups excluding carboxylic acids is 2. The Hall–Kier alpha value is -1.93. The maximum Gasteiger partial charge on any atom is 0.291 e. The average Bonchev–Trinajstić information content (AvgIpc) is 3.18. The maximum absolute atomic E-state index is 12.6. The van der Waals surface area contributed by atoms with Gasteiger partial charge >= 0.3 is 0 Å². The number of hydrogen-bond acceptors (Lipinski definition) is 6. The number of amides is 2. The monoisotopic (exact) mass is 391 g/mol. The van der Waals surface area contributed by atoms with Crippen LogP contribution in [0, 0.1) is 11.8 Å². The van der Waals surface area contributed by atoms with Crippen LogP contribution in [0.3, 0.4) is 0 Å². The summed E-state index contributed by atoms with van der Waals surface area (Å²) < 4.78 is 16.1. The molecule has 8 nitrogen and oxygen atoms in total. The van der Waals surface area contributed by atoms with Crippen molar-refractivity contribution in [3.05, 3.63) is 18.4 Å². The van der Waals surface area contributed by atoms with Crippen LogP contribution in [0.5, 0.6) is 0 Å². The number of ether oxygens (including phenoxy) is 2. The quantitative estimate of drug-likeness (QED) is 0.778. The Labute approximate surface area is 165 Å². The molecular weight excluding hydrogens is 362 g/mol. The van der Waals surface area contributed by atoms with Crippen molar-refractivity contribution >= 4 is 11.8 Å². The van der Waals surface area contributed by atoms with E-state index >= 15 is 0 Å². The van der Waals surface area contributed by atoms with Gasteiger partial charge in [0.2, 0.25) is 5.76 Å². The van der Waals surface area contributed by atoms with Gasteiger partial charge in [-0.1, -0.05) is 0 Å². The van der Waals surface area contributed by atoms with Crippen molar-refractivity contribution in [2.24, 2.45) is 11.8 Å². The lowest BCUT2D eigenvalue weighted by atomic mass is 9.80. The molecule has 0 aromatic carbocycles. The fourth-order valence-electron chi connectivity index (χ4n) is 4.70. The highest BCUT2D eigenvalue weighted by atomic mass is 16.6. The lowest BCUT2D eigenvalue weighted by Crippen LogP contribution is -2.48. The van der Waals surface area contributed by atoms with Gasteiger partial charge in [-0.05, 0) is 43.9 Å². The average molecular weight is 391 g/mol. The number of rotatable bonds is 3. The van der Waals surface area contributed by atoms with E-state index in [1.807, 2.05) is 9.80 Å². The lowest BCUT2D eigenvalue weighted by Gasteiger charge is -2.37. The zero-order valence-corrected chi connectivity index (χ0v) is 16.3. The van der Waals surface area contributed by atoms with Crippen molar-refractivity contribution in [1.82, 2.24) is 14.8 Å². The van der Waals surface area contributed by atoms with Gasteiger partial charge in [0.25, 0.3) is 11.8 Å². The number of oxazole rings is 1. The van der Waals surface area contributed by atoms with E-state index in [0.29, 0.717) is 37.4 Å². The molecule has 3 aliphatic rings. The molecule has 0 N–H and O–H groups in total. The molecule has 3 saturated heterocycles. The van der Waals surface area contributed by atoms with E-state index in [-0.39, 0.29) is 11.8 Å². The number of likely N-dealkylation sites (tertiary alicyclic amines) is 2. The number of hydrogen-bond donors (Lipinski definition) is 0. The molecule has 1 aromatic rings. The van der Waals surface area contributed by atoms with Crippen molar-refractivity contribution in [1.29, 1.82) is 0 Å². The first kappa shape index (κ1) is 19.4. The molecule has 3 aliphatic heterocycles. The van der Waals surface area contributed by atoms with Crippen LogP contribution in [0.15, 0.2) is 17.0 Å². The fraction of sp³-hybridized carbons (Fsp3) is 0.750. The van der Waals surface area contributed by atoms with E-state index < -0.39 is 6.10 Å². The van der Waals surface area contributed by atoms with Crippen LogP contribution in [-0.4, -0.2) is 78.7 Å². The zero-order chi connectivity index (χ0) is 19.3. The second-order valence-corrected chi connectivity index (χ2v) is 7.95. The smallest absolute Gasteiger partial charge is 0.291 e. The number of piperidine rings is 1. The van der Waals surface area contributed by atoms with Gasteiger partial charge in [0.1, 0.15) is 0 Å². The highest BCUT2D eigenvalue weighted by Crippen LogP contribution is 2.33. The summed E-state index contributed by atoms with van der Waals surface area (Å²) in [5, 5.41) is 0. The first-order valence-electron chi connectivity index (χ1n) is 10.4. The van der Waals surface area contributed by atoms with Gasteiger partial charge in [0.15, 0.2) is 12.5 Å². The maximum atomic E-state index is 12.6. The van der Waals surface area contributed by atoms with Gasteiger partial charge in [0.05, 0.1) is 26.0 Å². The minimum Gasteiger partial charge on any atom is -0.438 e.